The number of hydrogen-bond donors (Lipinski definition) is 1. The van der Waals surface area contributed by atoms with Crippen LogP contribution in [0.3, 0.4) is 0 Å². The highest BCUT2D eigenvalue weighted by molar-refractivity contribution is 5.39. The van der Waals surface area contributed by atoms with Gasteiger partial charge in [-0.05, 0) is 19.3 Å². The summed E-state index contributed by atoms with van der Waals surface area (Å²) in [6.07, 6.45) is 8.09. The Hall–Kier alpha value is -1.91. The van der Waals surface area contributed by atoms with Crippen molar-refractivity contribution < 1.29 is 0 Å². The largest absolute Gasteiger partial charge is 0.384 e. The fraction of sp³-hybridized carbons (Fsp3) is 0.462. The molecule has 1 fully saturated rings. The molecule has 0 spiro atoms. The van der Waals surface area contributed by atoms with Crippen LogP contribution in [-0.4, -0.2) is 19.5 Å². The fourth-order valence-electron chi connectivity index (χ4n) is 2.07. The van der Waals surface area contributed by atoms with Crippen molar-refractivity contribution in [2.24, 2.45) is 0 Å². The molecule has 0 radical (unpaired) electrons. The summed E-state index contributed by atoms with van der Waals surface area (Å²) in [7, 11) is 0. The average Bonchev–Trinajstić information content (AvgIpc) is 3.10. The maximum atomic E-state index is 5.87. The molecule has 0 atom stereocenters. The standard InChI is InChI=1S/C13H17N5/c1-2-3-11-15-6-7-18(11)12-8-10(14)16-13(17-12)9-4-5-9/h6-9H,2-5H2,1H3,(H2,14,16,17). The maximum absolute atomic E-state index is 5.87. The van der Waals surface area contributed by atoms with Crippen LogP contribution in [0, 0.1) is 0 Å². The normalized spacial score (nSPS) is 14.9. The molecular formula is C13H17N5. The van der Waals surface area contributed by atoms with Gasteiger partial charge in [-0.15, -0.1) is 0 Å². The van der Waals surface area contributed by atoms with Crippen LogP contribution in [0.25, 0.3) is 5.82 Å². The maximum Gasteiger partial charge on any atom is 0.143 e. The minimum Gasteiger partial charge on any atom is -0.384 e. The van der Waals surface area contributed by atoms with Crippen molar-refractivity contribution in [2.75, 3.05) is 5.73 Å². The molecule has 0 aromatic carbocycles. The summed E-state index contributed by atoms with van der Waals surface area (Å²) in [5, 5.41) is 0. The molecule has 1 aliphatic carbocycles. The van der Waals surface area contributed by atoms with E-state index < -0.39 is 0 Å². The number of aryl methyl sites for hydroxylation is 1. The van der Waals surface area contributed by atoms with Gasteiger partial charge in [0, 0.05) is 30.8 Å². The molecule has 0 bridgehead atoms. The Balaban J connectivity index is 2.01. The van der Waals surface area contributed by atoms with Gasteiger partial charge < -0.3 is 5.73 Å². The van der Waals surface area contributed by atoms with E-state index in [0.717, 1.165) is 30.3 Å². The van der Waals surface area contributed by atoms with Crippen molar-refractivity contribution in [3.63, 3.8) is 0 Å². The van der Waals surface area contributed by atoms with Gasteiger partial charge in [0.15, 0.2) is 0 Å². The Labute approximate surface area is 106 Å². The van der Waals surface area contributed by atoms with E-state index in [4.69, 9.17) is 5.73 Å². The van der Waals surface area contributed by atoms with Gasteiger partial charge in [-0.3, -0.25) is 4.57 Å². The number of nitrogens with two attached hydrogens (primary N) is 1. The van der Waals surface area contributed by atoms with E-state index in [9.17, 15) is 0 Å². The van der Waals surface area contributed by atoms with Crippen molar-refractivity contribution >= 4 is 5.82 Å². The summed E-state index contributed by atoms with van der Waals surface area (Å²) in [6, 6.07) is 1.81. The molecule has 2 aromatic heterocycles. The zero-order valence-electron chi connectivity index (χ0n) is 10.5. The molecule has 1 saturated carbocycles. The zero-order chi connectivity index (χ0) is 12.5. The van der Waals surface area contributed by atoms with Gasteiger partial charge in [0.1, 0.15) is 23.3 Å². The minimum absolute atomic E-state index is 0.505. The Bertz CT molecular complexity index is 556. The van der Waals surface area contributed by atoms with Gasteiger partial charge in [0.25, 0.3) is 0 Å². The monoisotopic (exact) mass is 243 g/mol. The fourth-order valence-corrected chi connectivity index (χ4v) is 2.07. The second-order valence-corrected chi connectivity index (χ2v) is 4.75. The first-order chi connectivity index (χ1) is 8.78. The molecule has 94 valence electrons. The summed E-state index contributed by atoms with van der Waals surface area (Å²) < 4.78 is 2.01. The summed E-state index contributed by atoms with van der Waals surface area (Å²) in [6.45, 7) is 2.14. The zero-order valence-corrected chi connectivity index (χ0v) is 10.5. The highest BCUT2D eigenvalue weighted by Gasteiger charge is 2.27. The van der Waals surface area contributed by atoms with E-state index in [1.165, 1.54) is 12.8 Å². The van der Waals surface area contributed by atoms with Gasteiger partial charge in [-0.2, -0.15) is 0 Å². The third kappa shape index (κ3) is 2.08. The van der Waals surface area contributed by atoms with Gasteiger partial charge >= 0.3 is 0 Å². The van der Waals surface area contributed by atoms with Crippen LogP contribution in [0.5, 0.6) is 0 Å². The molecule has 2 aromatic rings. The smallest absolute Gasteiger partial charge is 0.143 e. The van der Waals surface area contributed by atoms with Crippen LogP contribution in [-0.2, 0) is 6.42 Å². The number of nitrogens with zero attached hydrogens (tertiary/aromatic N) is 4. The molecule has 5 nitrogen and oxygen atoms in total. The first-order valence-corrected chi connectivity index (χ1v) is 6.45. The Kier molecular flexibility index (Phi) is 2.74. The van der Waals surface area contributed by atoms with E-state index in [1.807, 2.05) is 16.8 Å². The van der Waals surface area contributed by atoms with Crippen molar-refractivity contribution in [3.8, 4) is 5.82 Å². The van der Waals surface area contributed by atoms with Crippen LogP contribution < -0.4 is 5.73 Å². The van der Waals surface area contributed by atoms with Gasteiger partial charge in [-0.25, -0.2) is 15.0 Å². The van der Waals surface area contributed by atoms with Gasteiger partial charge in [0.05, 0.1) is 0 Å². The van der Waals surface area contributed by atoms with Crippen LogP contribution in [0.2, 0.25) is 0 Å². The van der Waals surface area contributed by atoms with E-state index >= 15 is 0 Å². The Morgan fingerprint density at radius 1 is 1.39 bits per heavy atom. The first kappa shape index (κ1) is 11.2. The lowest BCUT2D eigenvalue weighted by atomic mass is 10.3. The molecule has 0 amide bonds. The van der Waals surface area contributed by atoms with Crippen LogP contribution in [0.15, 0.2) is 18.5 Å². The SMILES string of the molecule is CCCc1nccn1-c1cc(N)nc(C2CC2)n1. The van der Waals surface area contributed by atoms with Gasteiger partial charge in [-0.1, -0.05) is 6.92 Å². The number of aromatic nitrogens is 4. The molecule has 1 aliphatic rings. The minimum atomic E-state index is 0.505. The molecule has 0 saturated heterocycles. The molecule has 2 N–H and O–H groups in total. The highest BCUT2D eigenvalue weighted by atomic mass is 15.1. The average molecular weight is 243 g/mol. The predicted molar refractivity (Wildman–Crippen MR) is 69.5 cm³/mol. The second kappa shape index (κ2) is 4.40. The van der Waals surface area contributed by atoms with E-state index in [0.29, 0.717) is 11.7 Å². The summed E-state index contributed by atoms with van der Waals surface area (Å²) >= 11 is 0. The molecule has 0 aliphatic heterocycles. The van der Waals surface area contributed by atoms with Crippen LogP contribution in [0.1, 0.15) is 43.8 Å². The molecule has 5 heteroatoms. The summed E-state index contributed by atoms with van der Waals surface area (Å²) in [5.74, 6) is 3.78. The summed E-state index contributed by atoms with van der Waals surface area (Å²) in [4.78, 5) is 13.3. The molecule has 2 heterocycles. The Morgan fingerprint density at radius 3 is 2.94 bits per heavy atom. The summed E-state index contributed by atoms with van der Waals surface area (Å²) in [5.41, 5.74) is 5.87. The molecule has 0 unspecified atom stereocenters. The highest BCUT2D eigenvalue weighted by Crippen LogP contribution is 2.38. The molecular weight excluding hydrogens is 226 g/mol. The third-order valence-corrected chi connectivity index (χ3v) is 3.13. The number of imidazole rings is 1. The molecule has 18 heavy (non-hydrogen) atoms. The van der Waals surface area contributed by atoms with E-state index in [-0.39, 0.29) is 0 Å². The second-order valence-electron chi connectivity index (χ2n) is 4.75. The lowest BCUT2D eigenvalue weighted by Crippen LogP contribution is -2.07. The number of anilines is 1. The van der Waals surface area contributed by atoms with Crippen molar-refractivity contribution in [1.82, 2.24) is 19.5 Å². The number of rotatable bonds is 4. The number of nitrogen functional groups attached to an aromatic ring is 1. The van der Waals surface area contributed by atoms with E-state index in [2.05, 4.69) is 21.9 Å². The quantitative estimate of drug-likeness (QED) is 0.892. The van der Waals surface area contributed by atoms with Gasteiger partial charge in [0.2, 0.25) is 0 Å². The topological polar surface area (TPSA) is 69.6 Å². The number of hydrogen-bond acceptors (Lipinski definition) is 4. The van der Waals surface area contributed by atoms with Crippen LogP contribution >= 0.6 is 0 Å². The lowest BCUT2D eigenvalue weighted by molar-refractivity contribution is 0.786. The molecule has 3 rings (SSSR count). The van der Waals surface area contributed by atoms with Crippen LogP contribution in [0.4, 0.5) is 5.82 Å². The predicted octanol–water partition coefficient (Wildman–Crippen LogP) is 2.07. The van der Waals surface area contributed by atoms with E-state index in [1.54, 1.807) is 6.20 Å². The first-order valence-electron chi connectivity index (χ1n) is 6.45. The van der Waals surface area contributed by atoms with Crippen molar-refractivity contribution in [2.45, 2.75) is 38.5 Å². The lowest BCUT2D eigenvalue weighted by Gasteiger charge is -2.08. The third-order valence-electron chi connectivity index (χ3n) is 3.13. The Morgan fingerprint density at radius 2 is 2.22 bits per heavy atom. The van der Waals surface area contributed by atoms with Crippen molar-refractivity contribution in [3.05, 3.63) is 30.1 Å². The van der Waals surface area contributed by atoms with Crippen molar-refractivity contribution in [1.29, 1.82) is 0 Å².